The minimum Gasteiger partial charge on any atom is -0.300 e. The molecule has 0 bridgehead atoms. The van der Waals surface area contributed by atoms with Crippen molar-refractivity contribution in [2.45, 2.75) is 20.8 Å². The first-order chi connectivity index (χ1) is 8.47. The number of anilines is 1. The number of carbonyl (C=O) groups excluding carboxylic acids is 1. The number of hydrogen-bond donors (Lipinski definition) is 1. The van der Waals surface area contributed by atoms with Crippen LogP contribution in [0.3, 0.4) is 0 Å². The SMILES string of the molecule is CC(C)(C)C(=O)Nc1nnc(-c2ccncc2)s1. The number of nitrogens with zero attached hydrogens (tertiary/aromatic N) is 3. The van der Waals surface area contributed by atoms with E-state index in [-0.39, 0.29) is 5.91 Å². The topological polar surface area (TPSA) is 67.8 Å². The van der Waals surface area contributed by atoms with Crippen molar-refractivity contribution in [1.29, 1.82) is 0 Å². The highest BCUT2D eigenvalue weighted by molar-refractivity contribution is 7.18. The van der Waals surface area contributed by atoms with Gasteiger partial charge in [-0.2, -0.15) is 0 Å². The van der Waals surface area contributed by atoms with Crippen LogP contribution in [0.4, 0.5) is 5.13 Å². The molecule has 0 aromatic carbocycles. The van der Waals surface area contributed by atoms with Crippen molar-refractivity contribution < 1.29 is 4.79 Å². The molecule has 2 heterocycles. The number of aromatic nitrogens is 3. The van der Waals surface area contributed by atoms with E-state index < -0.39 is 5.41 Å². The lowest BCUT2D eigenvalue weighted by Crippen LogP contribution is -2.27. The molecule has 0 aliphatic rings. The molecule has 18 heavy (non-hydrogen) atoms. The van der Waals surface area contributed by atoms with Gasteiger partial charge in [-0.25, -0.2) is 0 Å². The van der Waals surface area contributed by atoms with E-state index in [1.165, 1.54) is 11.3 Å². The summed E-state index contributed by atoms with van der Waals surface area (Å²) in [5, 5.41) is 12.1. The third kappa shape index (κ3) is 2.89. The highest BCUT2D eigenvalue weighted by Crippen LogP contribution is 2.26. The zero-order valence-electron chi connectivity index (χ0n) is 10.5. The van der Waals surface area contributed by atoms with Crippen molar-refractivity contribution in [3.05, 3.63) is 24.5 Å². The molecule has 1 N–H and O–H groups in total. The van der Waals surface area contributed by atoms with Gasteiger partial charge in [-0.1, -0.05) is 32.1 Å². The molecule has 0 saturated heterocycles. The molecule has 2 aromatic rings. The Balaban J connectivity index is 2.15. The molecule has 2 aromatic heterocycles. The maximum atomic E-state index is 11.8. The summed E-state index contributed by atoms with van der Waals surface area (Å²) in [6.45, 7) is 5.56. The second-order valence-corrected chi connectivity index (χ2v) is 5.83. The first kappa shape index (κ1) is 12.6. The van der Waals surface area contributed by atoms with Gasteiger partial charge < -0.3 is 5.32 Å². The Morgan fingerprint density at radius 3 is 2.50 bits per heavy atom. The number of amides is 1. The van der Waals surface area contributed by atoms with Crippen LogP contribution in [0.15, 0.2) is 24.5 Å². The number of carbonyl (C=O) groups is 1. The van der Waals surface area contributed by atoms with Crippen molar-refractivity contribution in [3.63, 3.8) is 0 Å². The molecule has 0 unspecified atom stereocenters. The maximum Gasteiger partial charge on any atom is 0.231 e. The van der Waals surface area contributed by atoms with Crippen molar-refractivity contribution in [1.82, 2.24) is 15.2 Å². The van der Waals surface area contributed by atoms with Gasteiger partial charge >= 0.3 is 0 Å². The average Bonchev–Trinajstić information content (AvgIpc) is 2.77. The first-order valence-electron chi connectivity index (χ1n) is 5.52. The van der Waals surface area contributed by atoms with Crippen molar-refractivity contribution in [2.75, 3.05) is 5.32 Å². The molecule has 6 heteroatoms. The fourth-order valence-electron chi connectivity index (χ4n) is 1.17. The van der Waals surface area contributed by atoms with E-state index >= 15 is 0 Å². The van der Waals surface area contributed by atoms with Gasteiger partial charge in [0.25, 0.3) is 0 Å². The molecule has 0 spiro atoms. The molecular formula is C12H14N4OS. The molecule has 2 rings (SSSR count). The summed E-state index contributed by atoms with van der Waals surface area (Å²) in [5.41, 5.74) is 0.501. The van der Waals surface area contributed by atoms with Crippen LogP contribution in [0.25, 0.3) is 10.6 Å². The van der Waals surface area contributed by atoms with E-state index in [0.29, 0.717) is 5.13 Å². The van der Waals surface area contributed by atoms with Crippen molar-refractivity contribution >= 4 is 22.4 Å². The highest BCUT2D eigenvalue weighted by Gasteiger charge is 2.22. The maximum absolute atomic E-state index is 11.8. The Labute approximate surface area is 109 Å². The third-order valence-electron chi connectivity index (χ3n) is 2.25. The van der Waals surface area contributed by atoms with E-state index in [0.717, 1.165) is 10.6 Å². The second kappa shape index (κ2) is 4.81. The van der Waals surface area contributed by atoms with E-state index in [9.17, 15) is 4.79 Å². The molecular weight excluding hydrogens is 248 g/mol. The molecule has 0 aliphatic heterocycles. The van der Waals surface area contributed by atoms with Gasteiger partial charge in [0.05, 0.1) is 0 Å². The lowest BCUT2D eigenvalue weighted by atomic mass is 9.96. The van der Waals surface area contributed by atoms with Crippen molar-refractivity contribution in [3.8, 4) is 10.6 Å². The largest absolute Gasteiger partial charge is 0.300 e. The number of rotatable bonds is 2. The van der Waals surface area contributed by atoms with Crippen LogP contribution in [0.1, 0.15) is 20.8 Å². The monoisotopic (exact) mass is 262 g/mol. The van der Waals surface area contributed by atoms with Gasteiger partial charge in [0.2, 0.25) is 11.0 Å². The standard InChI is InChI=1S/C12H14N4OS/c1-12(2,3)10(17)14-11-16-15-9(18-11)8-4-6-13-7-5-8/h4-7H,1-3H3,(H,14,16,17). The molecule has 0 aliphatic carbocycles. The summed E-state index contributed by atoms with van der Waals surface area (Å²) in [5.74, 6) is -0.0695. The lowest BCUT2D eigenvalue weighted by Gasteiger charge is -2.15. The van der Waals surface area contributed by atoms with Crippen LogP contribution in [-0.2, 0) is 4.79 Å². The normalized spacial score (nSPS) is 11.3. The van der Waals surface area contributed by atoms with Gasteiger partial charge in [0, 0.05) is 23.4 Å². The minimum atomic E-state index is -0.442. The molecule has 5 nitrogen and oxygen atoms in total. The highest BCUT2D eigenvalue weighted by atomic mass is 32.1. The molecule has 94 valence electrons. The van der Waals surface area contributed by atoms with Crippen LogP contribution < -0.4 is 5.32 Å². The van der Waals surface area contributed by atoms with Crippen LogP contribution in [-0.4, -0.2) is 21.1 Å². The summed E-state index contributed by atoms with van der Waals surface area (Å²) >= 11 is 1.35. The van der Waals surface area contributed by atoms with E-state index in [1.807, 2.05) is 32.9 Å². The molecule has 0 fully saturated rings. The third-order valence-corrected chi connectivity index (χ3v) is 3.14. The smallest absolute Gasteiger partial charge is 0.231 e. The van der Waals surface area contributed by atoms with Gasteiger partial charge in [0.1, 0.15) is 5.01 Å². The zero-order valence-corrected chi connectivity index (χ0v) is 11.3. The lowest BCUT2D eigenvalue weighted by molar-refractivity contribution is -0.123. The summed E-state index contributed by atoms with van der Waals surface area (Å²) < 4.78 is 0. The van der Waals surface area contributed by atoms with E-state index in [4.69, 9.17) is 0 Å². The summed E-state index contributed by atoms with van der Waals surface area (Å²) in [6, 6.07) is 3.71. The van der Waals surface area contributed by atoms with Crippen molar-refractivity contribution in [2.24, 2.45) is 5.41 Å². The van der Waals surface area contributed by atoms with E-state index in [1.54, 1.807) is 12.4 Å². The molecule has 1 amide bonds. The Kier molecular flexibility index (Phi) is 3.38. The number of hydrogen-bond acceptors (Lipinski definition) is 5. The zero-order chi connectivity index (χ0) is 13.2. The summed E-state index contributed by atoms with van der Waals surface area (Å²) in [6.07, 6.45) is 3.40. The number of pyridine rings is 1. The van der Waals surface area contributed by atoms with Crippen LogP contribution in [0.2, 0.25) is 0 Å². The Morgan fingerprint density at radius 1 is 1.22 bits per heavy atom. The molecule has 0 radical (unpaired) electrons. The predicted molar refractivity (Wildman–Crippen MR) is 71.2 cm³/mol. The summed E-state index contributed by atoms with van der Waals surface area (Å²) in [4.78, 5) is 15.7. The quantitative estimate of drug-likeness (QED) is 0.903. The fraction of sp³-hybridized carbons (Fsp3) is 0.333. The van der Waals surface area contributed by atoms with Crippen LogP contribution >= 0.6 is 11.3 Å². The second-order valence-electron chi connectivity index (χ2n) is 4.85. The van der Waals surface area contributed by atoms with E-state index in [2.05, 4.69) is 20.5 Å². The molecule has 0 saturated carbocycles. The minimum absolute atomic E-state index is 0.0695. The van der Waals surface area contributed by atoms with Gasteiger partial charge in [0.15, 0.2) is 0 Å². The van der Waals surface area contributed by atoms with Gasteiger partial charge in [-0.3, -0.25) is 9.78 Å². The van der Waals surface area contributed by atoms with Gasteiger partial charge in [-0.05, 0) is 12.1 Å². The summed E-state index contributed by atoms with van der Waals surface area (Å²) in [7, 11) is 0. The van der Waals surface area contributed by atoms with Crippen LogP contribution in [0, 0.1) is 5.41 Å². The van der Waals surface area contributed by atoms with Crippen LogP contribution in [0.5, 0.6) is 0 Å². The number of nitrogens with one attached hydrogen (secondary N) is 1. The van der Waals surface area contributed by atoms with Gasteiger partial charge in [-0.15, -0.1) is 10.2 Å². The predicted octanol–water partition coefficient (Wildman–Crippen LogP) is 2.58. The Morgan fingerprint density at radius 2 is 1.89 bits per heavy atom. The Hall–Kier alpha value is -1.82. The fourth-order valence-corrected chi connectivity index (χ4v) is 1.91. The molecule has 0 atom stereocenters. The average molecular weight is 262 g/mol. The Bertz CT molecular complexity index is 545. The first-order valence-corrected chi connectivity index (χ1v) is 6.34.